The molecule has 0 aliphatic rings. The van der Waals surface area contributed by atoms with Crippen LogP contribution in [0.15, 0.2) is 26.0 Å². The summed E-state index contributed by atoms with van der Waals surface area (Å²) >= 11 is 2.95. The number of halogens is 2. The molecule has 0 spiro atoms. The molecule has 2 rings (SSSR count). The van der Waals surface area contributed by atoms with E-state index in [1.165, 1.54) is 6.92 Å². The molecule has 0 aliphatic carbocycles. The SMILES string of the molecule is Cc1nc(CS(=O)(=O)c2cc(Br)cc(C(=O)O)c2F)no1. The van der Waals surface area contributed by atoms with E-state index in [9.17, 15) is 17.6 Å². The molecule has 7 nitrogen and oxygen atoms in total. The van der Waals surface area contributed by atoms with Crippen LogP contribution in [0.4, 0.5) is 4.39 Å². The summed E-state index contributed by atoms with van der Waals surface area (Å²) in [7, 11) is -4.16. The molecule has 0 unspecified atom stereocenters. The van der Waals surface area contributed by atoms with Crippen LogP contribution in [0.3, 0.4) is 0 Å². The largest absolute Gasteiger partial charge is 0.478 e. The quantitative estimate of drug-likeness (QED) is 0.865. The Balaban J connectivity index is 2.52. The van der Waals surface area contributed by atoms with Crippen molar-refractivity contribution in [3.8, 4) is 0 Å². The molecule has 0 saturated carbocycles. The van der Waals surface area contributed by atoms with Crippen LogP contribution in [0, 0.1) is 12.7 Å². The van der Waals surface area contributed by atoms with Gasteiger partial charge in [0.05, 0.1) is 5.56 Å². The number of aromatic nitrogens is 2. The molecule has 10 heteroatoms. The van der Waals surface area contributed by atoms with Crippen molar-refractivity contribution in [3.05, 3.63) is 39.7 Å². The first-order chi connectivity index (χ1) is 9.70. The first-order valence-corrected chi connectivity index (χ1v) is 7.89. The Morgan fingerprint density at radius 1 is 1.48 bits per heavy atom. The lowest BCUT2D eigenvalue weighted by Crippen LogP contribution is -2.12. The minimum Gasteiger partial charge on any atom is -0.478 e. The second kappa shape index (κ2) is 5.53. The van der Waals surface area contributed by atoms with Gasteiger partial charge in [0.2, 0.25) is 5.89 Å². The average Bonchev–Trinajstić information content (AvgIpc) is 2.76. The van der Waals surface area contributed by atoms with Crippen LogP contribution >= 0.6 is 15.9 Å². The van der Waals surface area contributed by atoms with E-state index in [1.807, 2.05) is 0 Å². The summed E-state index contributed by atoms with van der Waals surface area (Å²) in [5.41, 5.74) is -0.743. The fourth-order valence-electron chi connectivity index (χ4n) is 1.59. The van der Waals surface area contributed by atoms with Crippen molar-refractivity contribution < 1.29 is 27.2 Å². The zero-order valence-corrected chi connectivity index (χ0v) is 12.9. The van der Waals surface area contributed by atoms with Gasteiger partial charge in [-0.1, -0.05) is 21.1 Å². The molecule has 112 valence electrons. The third-order valence-corrected chi connectivity index (χ3v) is 4.52. The van der Waals surface area contributed by atoms with Crippen molar-refractivity contribution in [2.45, 2.75) is 17.6 Å². The summed E-state index contributed by atoms with van der Waals surface area (Å²) in [4.78, 5) is 13.9. The minimum absolute atomic E-state index is 0.129. The van der Waals surface area contributed by atoms with Gasteiger partial charge < -0.3 is 9.63 Å². The van der Waals surface area contributed by atoms with E-state index in [0.717, 1.165) is 12.1 Å². The topological polar surface area (TPSA) is 110 Å². The summed E-state index contributed by atoms with van der Waals surface area (Å²) < 4.78 is 43.2. The molecule has 0 amide bonds. The molecule has 2 aromatic rings. The lowest BCUT2D eigenvalue weighted by atomic mass is 10.2. The summed E-state index contributed by atoms with van der Waals surface area (Å²) in [6.07, 6.45) is 0. The standard InChI is InChI=1S/C11H8BrFN2O5S/c1-5-14-9(15-20-5)4-21(18,19)8-3-6(12)2-7(10(8)13)11(16)17/h2-3H,4H2,1H3,(H,16,17). The first-order valence-electron chi connectivity index (χ1n) is 5.45. The molecule has 1 aromatic carbocycles. The molecular formula is C11H8BrFN2O5S. The van der Waals surface area contributed by atoms with Gasteiger partial charge in [0, 0.05) is 11.4 Å². The van der Waals surface area contributed by atoms with E-state index in [4.69, 9.17) is 5.11 Å². The molecule has 0 radical (unpaired) electrons. The third-order valence-electron chi connectivity index (χ3n) is 2.46. The van der Waals surface area contributed by atoms with Gasteiger partial charge in [-0.2, -0.15) is 4.98 Å². The number of carbonyl (C=O) groups is 1. The number of hydrogen-bond donors (Lipinski definition) is 1. The molecule has 1 aromatic heterocycles. The predicted octanol–water partition coefficient (Wildman–Crippen LogP) is 1.95. The second-order valence-corrected chi connectivity index (χ2v) is 6.93. The molecule has 0 bridgehead atoms. The van der Waals surface area contributed by atoms with Gasteiger partial charge in [0.1, 0.15) is 10.6 Å². The van der Waals surface area contributed by atoms with Gasteiger partial charge in [-0.15, -0.1) is 0 Å². The molecule has 1 heterocycles. The second-order valence-electron chi connectivity index (χ2n) is 4.06. The Bertz CT molecular complexity index is 818. The van der Waals surface area contributed by atoms with E-state index in [0.29, 0.717) is 0 Å². The fraction of sp³-hybridized carbons (Fsp3) is 0.182. The number of nitrogens with zero attached hydrogens (tertiary/aromatic N) is 2. The highest BCUT2D eigenvalue weighted by molar-refractivity contribution is 9.10. The smallest absolute Gasteiger partial charge is 0.338 e. The summed E-state index contributed by atoms with van der Waals surface area (Å²) in [6, 6.07) is 1.97. The van der Waals surface area contributed by atoms with Gasteiger partial charge in [-0.05, 0) is 12.1 Å². The van der Waals surface area contributed by atoms with E-state index in [2.05, 4.69) is 30.6 Å². The highest BCUT2D eigenvalue weighted by Crippen LogP contribution is 2.26. The maximum absolute atomic E-state index is 14.1. The van der Waals surface area contributed by atoms with Crippen molar-refractivity contribution in [1.29, 1.82) is 0 Å². The number of carboxylic acid groups (broad SMARTS) is 1. The number of benzene rings is 1. The maximum Gasteiger partial charge on any atom is 0.338 e. The Hall–Kier alpha value is -1.81. The summed E-state index contributed by atoms with van der Waals surface area (Å²) in [5.74, 6) is -3.56. The molecule has 0 aliphatic heterocycles. The van der Waals surface area contributed by atoms with Crippen LogP contribution in [0.25, 0.3) is 0 Å². The fourth-order valence-corrected chi connectivity index (χ4v) is 3.51. The number of aromatic carboxylic acids is 1. The van der Waals surface area contributed by atoms with Crippen LogP contribution in [-0.2, 0) is 15.6 Å². The number of sulfone groups is 1. The first kappa shape index (κ1) is 15.6. The van der Waals surface area contributed by atoms with Gasteiger partial charge in [0.25, 0.3) is 0 Å². The van der Waals surface area contributed by atoms with Gasteiger partial charge in [0.15, 0.2) is 21.5 Å². The summed E-state index contributed by atoms with van der Waals surface area (Å²) in [5, 5.41) is 12.3. The predicted molar refractivity (Wildman–Crippen MR) is 71.0 cm³/mol. The van der Waals surface area contributed by atoms with Gasteiger partial charge in [-0.25, -0.2) is 17.6 Å². The lowest BCUT2D eigenvalue weighted by Gasteiger charge is -2.07. The van der Waals surface area contributed by atoms with Crippen molar-refractivity contribution in [2.75, 3.05) is 0 Å². The molecule has 1 N–H and O–H groups in total. The molecule has 0 saturated heterocycles. The zero-order chi connectivity index (χ0) is 15.8. The minimum atomic E-state index is -4.16. The van der Waals surface area contributed by atoms with Crippen LogP contribution in [0.2, 0.25) is 0 Å². The highest BCUT2D eigenvalue weighted by Gasteiger charge is 2.27. The lowest BCUT2D eigenvalue weighted by molar-refractivity contribution is 0.0691. The number of hydrogen-bond acceptors (Lipinski definition) is 6. The van der Waals surface area contributed by atoms with Crippen molar-refractivity contribution >= 4 is 31.7 Å². The normalized spacial score (nSPS) is 11.6. The van der Waals surface area contributed by atoms with Crippen molar-refractivity contribution in [1.82, 2.24) is 10.1 Å². The monoisotopic (exact) mass is 378 g/mol. The molecule has 21 heavy (non-hydrogen) atoms. The van der Waals surface area contributed by atoms with E-state index in [1.54, 1.807) is 0 Å². The van der Waals surface area contributed by atoms with Crippen molar-refractivity contribution in [3.63, 3.8) is 0 Å². The third kappa shape index (κ3) is 3.27. The van der Waals surface area contributed by atoms with Crippen LogP contribution in [0.1, 0.15) is 22.1 Å². The Labute approximate surface area is 126 Å². The van der Waals surface area contributed by atoms with E-state index >= 15 is 0 Å². The summed E-state index contributed by atoms with van der Waals surface area (Å²) in [6.45, 7) is 1.48. The van der Waals surface area contributed by atoms with Crippen LogP contribution in [-0.4, -0.2) is 29.6 Å². The Kier molecular flexibility index (Phi) is 4.10. The van der Waals surface area contributed by atoms with Gasteiger partial charge >= 0.3 is 5.97 Å². The number of rotatable bonds is 4. The Morgan fingerprint density at radius 3 is 2.67 bits per heavy atom. The number of aryl methyl sites for hydroxylation is 1. The van der Waals surface area contributed by atoms with E-state index < -0.39 is 37.8 Å². The van der Waals surface area contributed by atoms with Crippen molar-refractivity contribution in [2.24, 2.45) is 0 Å². The molecular weight excluding hydrogens is 371 g/mol. The molecule has 0 fully saturated rings. The van der Waals surface area contributed by atoms with Crippen LogP contribution < -0.4 is 0 Å². The van der Waals surface area contributed by atoms with Gasteiger partial charge in [-0.3, -0.25) is 0 Å². The number of carboxylic acids is 1. The van der Waals surface area contributed by atoms with E-state index in [-0.39, 0.29) is 16.2 Å². The molecule has 0 atom stereocenters. The zero-order valence-electron chi connectivity index (χ0n) is 10.5. The Morgan fingerprint density at radius 2 is 2.14 bits per heavy atom. The average molecular weight is 379 g/mol. The van der Waals surface area contributed by atoms with Crippen LogP contribution in [0.5, 0.6) is 0 Å². The maximum atomic E-state index is 14.1. The highest BCUT2D eigenvalue weighted by atomic mass is 79.9.